The summed E-state index contributed by atoms with van der Waals surface area (Å²) in [6.07, 6.45) is 0.617. The van der Waals surface area contributed by atoms with E-state index in [1.807, 2.05) is 37.3 Å². The van der Waals surface area contributed by atoms with E-state index in [2.05, 4.69) is 5.73 Å². The van der Waals surface area contributed by atoms with E-state index in [1.165, 1.54) is 0 Å². The van der Waals surface area contributed by atoms with Gasteiger partial charge in [0.15, 0.2) is 5.54 Å². The normalized spacial score (nSPS) is 14.9. The fourth-order valence-electron chi connectivity index (χ4n) is 1.28. The molecule has 0 saturated carbocycles. The van der Waals surface area contributed by atoms with Crippen molar-refractivity contribution < 1.29 is 10.5 Å². The van der Waals surface area contributed by atoms with Crippen LogP contribution in [-0.2, 0) is 10.3 Å². The predicted molar refractivity (Wildman–Crippen MR) is 50.5 cm³/mol. The van der Waals surface area contributed by atoms with Gasteiger partial charge < -0.3 is 11.5 Å². The van der Waals surface area contributed by atoms with Gasteiger partial charge in [0.05, 0.1) is 0 Å². The number of hydrogen-bond acceptors (Lipinski definition) is 1. The molecule has 0 aliphatic rings. The Hall–Kier alpha value is -1.35. The minimum atomic E-state index is -0.777. The molecule has 0 aliphatic heterocycles. The van der Waals surface area contributed by atoms with E-state index in [0.717, 1.165) is 5.56 Å². The highest BCUT2D eigenvalue weighted by Crippen LogP contribution is 2.18. The molecule has 0 spiro atoms. The highest BCUT2D eigenvalue weighted by molar-refractivity contribution is 5.84. The molecular weight excluding hydrogens is 164 g/mol. The van der Waals surface area contributed by atoms with Crippen LogP contribution >= 0.6 is 0 Å². The van der Waals surface area contributed by atoms with Gasteiger partial charge in [0.2, 0.25) is 0 Å². The number of rotatable bonds is 3. The van der Waals surface area contributed by atoms with E-state index in [-0.39, 0.29) is 5.91 Å². The molecular formula is C10H15N2O+. The Kier molecular flexibility index (Phi) is 2.68. The first kappa shape index (κ1) is 9.74. The van der Waals surface area contributed by atoms with Crippen molar-refractivity contribution >= 4 is 5.91 Å². The molecule has 0 bridgehead atoms. The molecule has 1 aromatic rings. The molecule has 0 aromatic heterocycles. The lowest BCUT2D eigenvalue weighted by Crippen LogP contribution is -2.75. The third-order valence-electron chi connectivity index (χ3n) is 2.40. The first-order chi connectivity index (χ1) is 6.11. The molecule has 0 heterocycles. The van der Waals surface area contributed by atoms with Gasteiger partial charge in [-0.3, -0.25) is 4.79 Å². The molecule has 0 unspecified atom stereocenters. The lowest BCUT2D eigenvalue weighted by atomic mass is 9.88. The molecule has 70 valence electrons. The summed E-state index contributed by atoms with van der Waals surface area (Å²) in [5, 5.41) is 0. The van der Waals surface area contributed by atoms with Crippen molar-refractivity contribution in [3.8, 4) is 0 Å². The van der Waals surface area contributed by atoms with Crippen LogP contribution < -0.4 is 11.5 Å². The number of carbonyl (C=O) groups excluding carboxylic acids is 1. The first-order valence-electron chi connectivity index (χ1n) is 4.32. The predicted octanol–water partition coefficient (Wildman–Crippen LogP) is 0.0191. The SMILES string of the molecule is CC[C@@]([NH3+])(C(N)=O)c1ccccc1. The average molecular weight is 179 g/mol. The molecule has 0 aliphatic carbocycles. The Bertz CT molecular complexity index is 297. The van der Waals surface area contributed by atoms with Crippen molar-refractivity contribution in [2.45, 2.75) is 18.9 Å². The summed E-state index contributed by atoms with van der Waals surface area (Å²) >= 11 is 0. The topological polar surface area (TPSA) is 70.7 Å². The fourth-order valence-corrected chi connectivity index (χ4v) is 1.28. The standard InChI is InChI=1S/C10H14N2O/c1-2-10(12,9(11)13)8-6-4-3-5-7-8/h3-7H,2,12H2,1H3,(H2,11,13)/p+1/t10-/m0/s1. The van der Waals surface area contributed by atoms with Crippen LogP contribution in [0.1, 0.15) is 18.9 Å². The lowest BCUT2D eigenvalue weighted by Gasteiger charge is -2.20. The van der Waals surface area contributed by atoms with Crippen molar-refractivity contribution in [3.05, 3.63) is 35.9 Å². The molecule has 3 heteroatoms. The molecule has 13 heavy (non-hydrogen) atoms. The van der Waals surface area contributed by atoms with Gasteiger partial charge in [0, 0.05) is 12.0 Å². The van der Waals surface area contributed by atoms with E-state index in [1.54, 1.807) is 0 Å². The van der Waals surface area contributed by atoms with Gasteiger partial charge in [-0.1, -0.05) is 37.3 Å². The van der Waals surface area contributed by atoms with E-state index < -0.39 is 5.54 Å². The monoisotopic (exact) mass is 179 g/mol. The summed E-state index contributed by atoms with van der Waals surface area (Å²) in [5.74, 6) is -0.374. The molecule has 5 N–H and O–H groups in total. The first-order valence-corrected chi connectivity index (χ1v) is 4.32. The van der Waals surface area contributed by atoms with Crippen LogP contribution in [0.3, 0.4) is 0 Å². The van der Waals surface area contributed by atoms with Gasteiger partial charge in [-0.2, -0.15) is 0 Å². The average Bonchev–Trinajstić information content (AvgIpc) is 2.17. The highest BCUT2D eigenvalue weighted by atomic mass is 16.1. The van der Waals surface area contributed by atoms with Crippen molar-refractivity contribution in [2.24, 2.45) is 5.73 Å². The minimum Gasteiger partial charge on any atom is -0.364 e. The molecule has 1 rings (SSSR count). The number of carbonyl (C=O) groups is 1. The van der Waals surface area contributed by atoms with Crippen LogP contribution in [0.15, 0.2) is 30.3 Å². The summed E-state index contributed by atoms with van der Waals surface area (Å²) in [6.45, 7) is 1.91. The molecule has 3 nitrogen and oxygen atoms in total. The van der Waals surface area contributed by atoms with Crippen LogP contribution in [0.5, 0.6) is 0 Å². The Morgan fingerprint density at radius 3 is 2.38 bits per heavy atom. The Morgan fingerprint density at radius 1 is 1.46 bits per heavy atom. The quantitative estimate of drug-likeness (QED) is 0.674. The number of benzene rings is 1. The summed E-state index contributed by atoms with van der Waals surface area (Å²) in [5.41, 5.74) is 9.30. The van der Waals surface area contributed by atoms with Crippen LogP contribution in [0, 0.1) is 0 Å². The van der Waals surface area contributed by atoms with Gasteiger partial charge in [-0.05, 0) is 0 Å². The summed E-state index contributed by atoms with van der Waals surface area (Å²) in [7, 11) is 0. The molecule has 0 saturated heterocycles. The van der Waals surface area contributed by atoms with E-state index in [4.69, 9.17) is 5.73 Å². The number of quaternary nitrogens is 1. The van der Waals surface area contributed by atoms with E-state index in [9.17, 15) is 4.79 Å². The number of nitrogens with two attached hydrogens (primary N) is 1. The van der Waals surface area contributed by atoms with Gasteiger partial charge in [0.1, 0.15) is 0 Å². The lowest BCUT2D eigenvalue weighted by molar-refractivity contribution is -0.467. The van der Waals surface area contributed by atoms with Crippen molar-refractivity contribution in [1.29, 1.82) is 0 Å². The molecule has 1 aromatic carbocycles. The van der Waals surface area contributed by atoms with Crippen LogP contribution in [0.2, 0.25) is 0 Å². The second kappa shape index (κ2) is 3.58. The largest absolute Gasteiger partial charge is 0.364 e. The zero-order valence-corrected chi connectivity index (χ0v) is 7.79. The summed E-state index contributed by atoms with van der Waals surface area (Å²) < 4.78 is 0. The smallest absolute Gasteiger partial charge is 0.283 e. The maximum Gasteiger partial charge on any atom is 0.283 e. The summed E-state index contributed by atoms with van der Waals surface area (Å²) in [6, 6.07) is 9.42. The number of primary amides is 1. The third kappa shape index (κ3) is 1.70. The maximum atomic E-state index is 11.2. The molecule has 0 radical (unpaired) electrons. The van der Waals surface area contributed by atoms with Crippen molar-refractivity contribution in [1.82, 2.24) is 0 Å². The minimum absolute atomic E-state index is 0.374. The second-order valence-corrected chi connectivity index (χ2v) is 3.17. The number of hydrogen-bond donors (Lipinski definition) is 2. The molecule has 1 atom stereocenters. The van der Waals surface area contributed by atoms with Crippen molar-refractivity contribution in [2.75, 3.05) is 0 Å². The Balaban J connectivity index is 3.11. The highest BCUT2D eigenvalue weighted by Gasteiger charge is 2.36. The van der Waals surface area contributed by atoms with Crippen molar-refractivity contribution in [3.63, 3.8) is 0 Å². The zero-order chi connectivity index (χ0) is 9.90. The second-order valence-electron chi connectivity index (χ2n) is 3.17. The Labute approximate surface area is 77.7 Å². The number of amides is 1. The fraction of sp³-hybridized carbons (Fsp3) is 0.300. The van der Waals surface area contributed by atoms with Crippen LogP contribution in [-0.4, -0.2) is 5.91 Å². The van der Waals surface area contributed by atoms with E-state index in [0.29, 0.717) is 6.42 Å². The summed E-state index contributed by atoms with van der Waals surface area (Å²) in [4.78, 5) is 11.2. The maximum absolute atomic E-state index is 11.2. The van der Waals surface area contributed by atoms with E-state index >= 15 is 0 Å². The van der Waals surface area contributed by atoms with Gasteiger partial charge >= 0.3 is 0 Å². The van der Waals surface area contributed by atoms with Gasteiger partial charge in [0.25, 0.3) is 5.91 Å². The Morgan fingerprint density at radius 2 is 2.00 bits per heavy atom. The molecule has 0 fully saturated rings. The third-order valence-corrected chi connectivity index (χ3v) is 2.40. The van der Waals surface area contributed by atoms with Crippen LogP contribution in [0.4, 0.5) is 0 Å². The van der Waals surface area contributed by atoms with Crippen LogP contribution in [0.25, 0.3) is 0 Å². The van der Waals surface area contributed by atoms with Gasteiger partial charge in [-0.15, -0.1) is 0 Å². The molecule has 1 amide bonds. The van der Waals surface area contributed by atoms with Gasteiger partial charge in [-0.25, -0.2) is 0 Å². The zero-order valence-electron chi connectivity index (χ0n) is 7.79.